The van der Waals surface area contributed by atoms with E-state index in [-0.39, 0.29) is 0 Å². The van der Waals surface area contributed by atoms with Crippen LogP contribution in [-0.4, -0.2) is 51.5 Å². The van der Waals surface area contributed by atoms with E-state index in [4.69, 9.17) is 0 Å². The summed E-state index contributed by atoms with van der Waals surface area (Å²) in [7, 11) is 0. The van der Waals surface area contributed by atoms with Gasteiger partial charge in [-0.05, 0) is 19.3 Å². The van der Waals surface area contributed by atoms with E-state index in [2.05, 4.69) is 48.5 Å². The van der Waals surface area contributed by atoms with E-state index in [0.717, 1.165) is 19.3 Å². The number of hydrogen-bond acceptors (Lipinski definition) is 4. The molecule has 0 rings (SSSR count). The molecular weight excluding hydrogens is 782 g/mol. The molecule has 0 aliphatic rings. The number of carbonyl (C=O) groups excluding carboxylic acids is 2. The average Bonchev–Trinajstić information content (AvgIpc) is 3.04. The molecule has 272 valence electrons. The second-order valence-electron chi connectivity index (χ2n) is 13.3. The summed E-state index contributed by atoms with van der Waals surface area (Å²) < 4.78 is 10.1. The number of carboxylic acid groups (broad SMARTS) is 2. The van der Waals surface area contributed by atoms with Crippen LogP contribution in [0, 0.1) is 5.92 Å². The first-order chi connectivity index (χ1) is 22.3. The van der Waals surface area contributed by atoms with Gasteiger partial charge in [0, 0.05) is 17.9 Å². The molecule has 0 bridgehead atoms. The Morgan fingerprint density at radius 2 is 0.783 bits per heavy atom. The summed E-state index contributed by atoms with van der Waals surface area (Å²) in [6.07, 6.45) is 30.9. The predicted molar refractivity (Wildman–Crippen MR) is 204 cm³/mol. The SMILES string of the molecule is CCCCCCCCCCC=CC(CC(=O)[O-])C(=O)[O-].CCC[CH2][Sn+]([CH2]CCC)[CH2]CCC.CCC[CH2][Sn+]([CH2]CCC)[CH2]CCC. The number of allylic oxidation sites excluding steroid dienone is 1. The third-order valence-corrected chi connectivity index (χ3v) is 26.7. The predicted octanol–water partition coefficient (Wildman–Crippen LogP) is 11.3. The summed E-state index contributed by atoms with van der Waals surface area (Å²) >= 11 is -1.68. The summed E-state index contributed by atoms with van der Waals surface area (Å²) in [6.45, 7) is 16.2. The van der Waals surface area contributed by atoms with Crippen LogP contribution in [0.2, 0.25) is 26.6 Å². The number of unbranched alkanes of at least 4 members (excludes halogenated alkanes) is 14. The van der Waals surface area contributed by atoms with Gasteiger partial charge in [-0.1, -0.05) is 64.0 Å². The maximum atomic E-state index is 10.7. The fourth-order valence-electron chi connectivity index (χ4n) is 5.38. The Morgan fingerprint density at radius 3 is 1.07 bits per heavy atom. The van der Waals surface area contributed by atoms with Gasteiger partial charge in [0.1, 0.15) is 0 Å². The van der Waals surface area contributed by atoms with E-state index < -0.39 is 63.8 Å². The Balaban J connectivity index is -0.000000627. The van der Waals surface area contributed by atoms with Gasteiger partial charge < -0.3 is 19.8 Å². The molecule has 0 N–H and O–H groups in total. The van der Waals surface area contributed by atoms with Gasteiger partial charge in [0.05, 0.1) is 0 Å². The number of rotatable bonds is 31. The summed E-state index contributed by atoms with van der Waals surface area (Å²) in [5.74, 6) is -3.80. The van der Waals surface area contributed by atoms with Gasteiger partial charge in [-0.15, -0.1) is 0 Å². The van der Waals surface area contributed by atoms with E-state index in [0.29, 0.717) is 0 Å². The molecule has 0 aliphatic carbocycles. The van der Waals surface area contributed by atoms with Gasteiger partial charge in [-0.2, -0.15) is 0 Å². The topological polar surface area (TPSA) is 80.3 Å². The number of hydrogen-bond donors (Lipinski definition) is 0. The number of aliphatic carboxylic acids is 2. The van der Waals surface area contributed by atoms with Crippen LogP contribution in [-0.2, 0) is 9.59 Å². The van der Waals surface area contributed by atoms with Crippen LogP contribution in [0.25, 0.3) is 0 Å². The zero-order valence-corrected chi connectivity index (χ0v) is 37.9. The second-order valence-corrected chi connectivity index (χ2v) is 30.4. The first kappa shape index (κ1) is 50.7. The van der Waals surface area contributed by atoms with E-state index in [1.54, 1.807) is 32.7 Å². The Kier molecular flexibility index (Phi) is 47.7. The Bertz CT molecular complexity index is 579. The maximum absolute atomic E-state index is 10.7. The van der Waals surface area contributed by atoms with Crippen LogP contribution in [0.5, 0.6) is 0 Å². The number of carbonyl (C=O) groups is 2. The third kappa shape index (κ3) is 42.3. The fourth-order valence-corrected chi connectivity index (χ4v) is 24.3. The molecule has 0 spiro atoms. The van der Waals surface area contributed by atoms with Gasteiger partial charge >= 0.3 is 185 Å². The van der Waals surface area contributed by atoms with Gasteiger partial charge in [-0.3, -0.25) is 0 Å². The first-order valence-electron chi connectivity index (χ1n) is 20.0. The molecule has 0 radical (unpaired) electrons. The van der Waals surface area contributed by atoms with E-state index in [1.165, 1.54) is 122 Å². The Hall–Kier alpha value is 0.277. The monoisotopic (exact) mass is 864 g/mol. The Labute approximate surface area is 303 Å². The van der Waals surface area contributed by atoms with Crippen molar-refractivity contribution < 1.29 is 19.8 Å². The minimum atomic E-state index is -1.36. The molecule has 0 aromatic heterocycles. The van der Waals surface area contributed by atoms with Gasteiger partial charge in [0.2, 0.25) is 0 Å². The quantitative estimate of drug-likeness (QED) is 0.0395. The molecule has 0 aromatic carbocycles. The van der Waals surface area contributed by atoms with Crippen LogP contribution in [0.15, 0.2) is 12.2 Å². The van der Waals surface area contributed by atoms with Crippen molar-refractivity contribution in [2.24, 2.45) is 5.92 Å². The fraction of sp³-hybridized carbons (Fsp3) is 0.900. The van der Waals surface area contributed by atoms with Crippen LogP contribution in [0.3, 0.4) is 0 Å². The molecule has 0 heterocycles. The molecule has 4 nitrogen and oxygen atoms in total. The summed E-state index contributed by atoms with van der Waals surface area (Å²) in [5, 5.41) is 21.0. The molecule has 0 aromatic rings. The van der Waals surface area contributed by atoms with Crippen molar-refractivity contribution in [3.05, 3.63) is 12.2 Å². The Morgan fingerprint density at radius 1 is 0.478 bits per heavy atom. The van der Waals surface area contributed by atoms with Crippen molar-refractivity contribution in [1.29, 1.82) is 0 Å². The zero-order valence-electron chi connectivity index (χ0n) is 32.2. The second kappa shape index (κ2) is 43.3. The van der Waals surface area contributed by atoms with Gasteiger partial charge in [0.15, 0.2) is 0 Å². The molecule has 1 unspecified atom stereocenters. The molecule has 6 heteroatoms. The minimum absolute atomic E-state index is 0.518. The molecule has 0 saturated heterocycles. The molecule has 0 aliphatic heterocycles. The van der Waals surface area contributed by atoms with Crippen molar-refractivity contribution in [2.45, 2.75) is 216 Å². The van der Waals surface area contributed by atoms with Gasteiger partial charge in [0.25, 0.3) is 0 Å². The summed E-state index contributed by atoms with van der Waals surface area (Å²) in [6, 6.07) is 0. The average molecular weight is 862 g/mol. The standard InChI is InChI=1S/C16H28O4.6C4H9.2Sn/c1-2-3-4-5-6-7-8-9-10-11-12-14(16(19)20)13-15(17)18;6*1-3-4-2;;/h11-12,14H,2-10,13H2,1H3,(H,17,18)(H,19,20);6*1,3-4H2,2H3;;/q;;;;;;;2*+1/p-2. The normalized spacial score (nSPS) is 11.4. The van der Waals surface area contributed by atoms with Crippen LogP contribution in [0.4, 0.5) is 0 Å². The third-order valence-electron chi connectivity index (χ3n) is 8.59. The molecule has 0 saturated carbocycles. The van der Waals surface area contributed by atoms with E-state index in [9.17, 15) is 19.8 Å². The summed E-state index contributed by atoms with van der Waals surface area (Å²) in [5.41, 5.74) is 0. The molecule has 1 atom stereocenters. The van der Waals surface area contributed by atoms with E-state index >= 15 is 0 Å². The van der Waals surface area contributed by atoms with Gasteiger partial charge in [-0.25, -0.2) is 0 Å². The summed E-state index contributed by atoms with van der Waals surface area (Å²) in [4.78, 5) is 21.0. The molecular formula is C40H80O4Sn2. The van der Waals surface area contributed by atoms with Crippen LogP contribution >= 0.6 is 0 Å². The van der Waals surface area contributed by atoms with Crippen LogP contribution < -0.4 is 10.2 Å². The van der Waals surface area contributed by atoms with E-state index in [1.807, 2.05) is 0 Å². The molecule has 0 amide bonds. The number of carboxylic acids is 2. The first-order valence-corrected chi connectivity index (χ1v) is 32.1. The van der Waals surface area contributed by atoms with Crippen molar-refractivity contribution in [3.8, 4) is 0 Å². The molecule has 0 fully saturated rings. The van der Waals surface area contributed by atoms with Crippen LogP contribution in [0.1, 0.15) is 190 Å². The van der Waals surface area contributed by atoms with Crippen molar-refractivity contribution >= 4 is 51.5 Å². The zero-order chi connectivity index (χ0) is 35.1. The van der Waals surface area contributed by atoms with Crippen molar-refractivity contribution in [3.63, 3.8) is 0 Å². The van der Waals surface area contributed by atoms with Crippen molar-refractivity contribution in [1.82, 2.24) is 0 Å². The molecule has 46 heavy (non-hydrogen) atoms. The van der Waals surface area contributed by atoms with Crippen molar-refractivity contribution in [2.75, 3.05) is 0 Å².